The number of morpholine rings is 1. The van der Waals surface area contributed by atoms with E-state index < -0.39 is 12.1 Å². The van der Waals surface area contributed by atoms with E-state index in [1.54, 1.807) is 24.3 Å². The van der Waals surface area contributed by atoms with E-state index in [4.69, 9.17) is 18.6 Å². The van der Waals surface area contributed by atoms with Crippen LogP contribution in [0.2, 0.25) is 0 Å². The zero-order valence-corrected chi connectivity index (χ0v) is 15.4. The summed E-state index contributed by atoms with van der Waals surface area (Å²) in [6, 6.07) is 8.17. The van der Waals surface area contributed by atoms with Gasteiger partial charge in [-0.1, -0.05) is 6.07 Å². The van der Waals surface area contributed by atoms with Crippen molar-refractivity contribution in [2.45, 2.75) is 25.6 Å². The fourth-order valence-corrected chi connectivity index (χ4v) is 2.94. The molecule has 8 nitrogen and oxygen atoms in total. The van der Waals surface area contributed by atoms with Crippen molar-refractivity contribution in [3.05, 3.63) is 47.4 Å². The van der Waals surface area contributed by atoms with Crippen LogP contribution >= 0.6 is 0 Å². The number of methoxy groups -OCH3 is 2. The molecule has 3 rings (SSSR count). The predicted molar refractivity (Wildman–Crippen MR) is 95.5 cm³/mol. The maximum Gasteiger partial charge on any atom is 0.252 e. The minimum atomic E-state index is -0.878. The maximum absolute atomic E-state index is 12.7. The third-order valence-electron chi connectivity index (χ3n) is 4.27. The molecule has 1 aromatic heterocycles. The first-order valence-electron chi connectivity index (χ1n) is 8.47. The highest BCUT2D eigenvalue weighted by molar-refractivity contribution is 5.86. The summed E-state index contributed by atoms with van der Waals surface area (Å²) in [6.45, 7) is 1.89. The summed E-state index contributed by atoms with van der Waals surface area (Å²) in [5.74, 6) is 1.83. The van der Waals surface area contributed by atoms with Gasteiger partial charge in [-0.15, -0.1) is 0 Å². The van der Waals surface area contributed by atoms with Crippen LogP contribution in [-0.4, -0.2) is 38.7 Å². The predicted octanol–water partition coefficient (Wildman–Crippen LogP) is 1.48. The average molecular weight is 374 g/mol. The van der Waals surface area contributed by atoms with E-state index in [9.17, 15) is 9.59 Å². The molecule has 1 fully saturated rings. The van der Waals surface area contributed by atoms with Gasteiger partial charge in [0.25, 0.3) is 5.91 Å². The highest BCUT2D eigenvalue weighted by atomic mass is 16.5. The van der Waals surface area contributed by atoms with Gasteiger partial charge in [-0.05, 0) is 36.8 Å². The van der Waals surface area contributed by atoms with Crippen molar-refractivity contribution in [3.63, 3.8) is 0 Å². The lowest BCUT2D eigenvalue weighted by molar-refractivity contribution is -0.148. The van der Waals surface area contributed by atoms with E-state index in [0.717, 1.165) is 5.76 Å². The second-order valence-electron chi connectivity index (χ2n) is 6.12. The summed E-state index contributed by atoms with van der Waals surface area (Å²) in [5, 5.41) is 5.59. The largest absolute Gasteiger partial charge is 0.493 e. The molecule has 27 heavy (non-hydrogen) atoms. The third kappa shape index (κ3) is 4.22. The molecule has 1 aromatic carbocycles. The van der Waals surface area contributed by atoms with Crippen molar-refractivity contribution in [1.82, 2.24) is 10.6 Å². The van der Waals surface area contributed by atoms with Crippen LogP contribution < -0.4 is 20.1 Å². The van der Waals surface area contributed by atoms with Gasteiger partial charge in [0.1, 0.15) is 18.1 Å². The van der Waals surface area contributed by atoms with E-state index in [0.29, 0.717) is 22.8 Å². The SMILES string of the molecule is COc1ccc([C@H]2NC(=O)CO[C@@H]2C(=O)NCc2ccc(C)o2)cc1OC. The van der Waals surface area contributed by atoms with Crippen molar-refractivity contribution in [3.8, 4) is 11.5 Å². The Morgan fingerprint density at radius 2 is 2.00 bits per heavy atom. The van der Waals surface area contributed by atoms with Gasteiger partial charge in [-0.2, -0.15) is 0 Å². The number of amides is 2. The summed E-state index contributed by atoms with van der Waals surface area (Å²) in [6.07, 6.45) is -0.878. The van der Waals surface area contributed by atoms with Crippen molar-refractivity contribution < 1.29 is 28.2 Å². The van der Waals surface area contributed by atoms with Gasteiger partial charge in [0.2, 0.25) is 5.91 Å². The number of carbonyl (C=O) groups is 2. The minimum absolute atomic E-state index is 0.179. The second-order valence-corrected chi connectivity index (χ2v) is 6.12. The molecule has 0 unspecified atom stereocenters. The molecule has 0 saturated carbocycles. The molecule has 2 N–H and O–H groups in total. The van der Waals surface area contributed by atoms with Gasteiger partial charge in [0, 0.05) is 0 Å². The van der Waals surface area contributed by atoms with Gasteiger partial charge < -0.3 is 29.3 Å². The fourth-order valence-electron chi connectivity index (χ4n) is 2.94. The van der Waals surface area contributed by atoms with Gasteiger partial charge in [-0.25, -0.2) is 0 Å². The second kappa shape index (κ2) is 8.13. The highest BCUT2D eigenvalue weighted by Gasteiger charge is 2.36. The van der Waals surface area contributed by atoms with Gasteiger partial charge in [0.05, 0.1) is 26.8 Å². The van der Waals surface area contributed by atoms with Crippen LogP contribution in [0.15, 0.2) is 34.7 Å². The van der Waals surface area contributed by atoms with Crippen LogP contribution in [-0.2, 0) is 20.9 Å². The van der Waals surface area contributed by atoms with Crippen LogP contribution in [0, 0.1) is 6.92 Å². The molecule has 0 spiro atoms. The molecule has 1 aliphatic heterocycles. The van der Waals surface area contributed by atoms with Gasteiger partial charge in [0.15, 0.2) is 17.6 Å². The van der Waals surface area contributed by atoms with Crippen LogP contribution in [0.1, 0.15) is 23.1 Å². The molecule has 8 heteroatoms. The lowest BCUT2D eigenvalue weighted by Gasteiger charge is -2.32. The molecule has 0 radical (unpaired) electrons. The zero-order chi connectivity index (χ0) is 19.4. The Hall–Kier alpha value is -3.00. The highest BCUT2D eigenvalue weighted by Crippen LogP contribution is 2.32. The summed E-state index contributed by atoms with van der Waals surface area (Å²) in [4.78, 5) is 24.5. The maximum atomic E-state index is 12.7. The molecular weight excluding hydrogens is 352 g/mol. The van der Waals surface area contributed by atoms with E-state index in [2.05, 4.69) is 10.6 Å². The smallest absolute Gasteiger partial charge is 0.252 e. The molecule has 2 heterocycles. The molecule has 1 saturated heterocycles. The van der Waals surface area contributed by atoms with Crippen molar-refractivity contribution in [1.29, 1.82) is 0 Å². The minimum Gasteiger partial charge on any atom is -0.493 e. The number of aryl methyl sites for hydroxylation is 1. The Morgan fingerprint density at radius 3 is 2.67 bits per heavy atom. The number of ether oxygens (including phenoxy) is 3. The van der Waals surface area contributed by atoms with Crippen molar-refractivity contribution in [2.75, 3.05) is 20.8 Å². The van der Waals surface area contributed by atoms with Crippen LogP contribution in [0.3, 0.4) is 0 Å². The lowest BCUT2D eigenvalue weighted by Crippen LogP contribution is -2.52. The molecule has 1 aliphatic rings. The van der Waals surface area contributed by atoms with Crippen LogP contribution in [0.25, 0.3) is 0 Å². The molecule has 2 atom stereocenters. The zero-order valence-electron chi connectivity index (χ0n) is 15.4. The van der Waals surface area contributed by atoms with Gasteiger partial charge in [-0.3, -0.25) is 9.59 Å². The number of hydrogen-bond donors (Lipinski definition) is 2. The summed E-state index contributed by atoms with van der Waals surface area (Å²) >= 11 is 0. The lowest BCUT2D eigenvalue weighted by atomic mass is 9.98. The average Bonchev–Trinajstić information content (AvgIpc) is 3.10. The molecule has 144 valence electrons. The van der Waals surface area contributed by atoms with E-state index in [-0.39, 0.29) is 25.0 Å². The van der Waals surface area contributed by atoms with E-state index in [1.807, 2.05) is 13.0 Å². The number of rotatable bonds is 6. The third-order valence-corrected chi connectivity index (χ3v) is 4.27. The number of benzene rings is 1. The first-order valence-corrected chi connectivity index (χ1v) is 8.47. The topological polar surface area (TPSA) is 99.0 Å². The Bertz CT molecular complexity index is 831. The molecule has 2 amide bonds. The van der Waals surface area contributed by atoms with Crippen molar-refractivity contribution in [2.24, 2.45) is 0 Å². The summed E-state index contributed by atoms with van der Waals surface area (Å²) in [7, 11) is 3.06. The van der Waals surface area contributed by atoms with E-state index in [1.165, 1.54) is 14.2 Å². The number of carbonyl (C=O) groups excluding carboxylic acids is 2. The van der Waals surface area contributed by atoms with Crippen molar-refractivity contribution >= 4 is 11.8 Å². The Labute approximate surface area is 156 Å². The summed E-state index contributed by atoms with van der Waals surface area (Å²) in [5.41, 5.74) is 0.676. The first kappa shape index (κ1) is 18.8. The Morgan fingerprint density at radius 1 is 1.22 bits per heavy atom. The summed E-state index contributed by atoms with van der Waals surface area (Å²) < 4.78 is 21.5. The quantitative estimate of drug-likeness (QED) is 0.795. The Balaban J connectivity index is 1.78. The van der Waals surface area contributed by atoms with Crippen LogP contribution in [0.5, 0.6) is 11.5 Å². The molecule has 0 bridgehead atoms. The van der Waals surface area contributed by atoms with Gasteiger partial charge >= 0.3 is 0 Å². The van der Waals surface area contributed by atoms with E-state index >= 15 is 0 Å². The molecule has 2 aromatic rings. The Kier molecular flexibility index (Phi) is 5.66. The standard InChI is InChI=1S/C19H22N2O6/c1-11-4-6-13(27-11)9-20-19(23)18-17(21-16(22)10-26-18)12-5-7-14(24-2)15(8-12)25-3/h4-8,17-18H,9-10H2,1-3H3,(H,20,23)(H,21,22)/t17-,18+/m1/s1. The fraction of sp³-hybridized carbons (Fsp3) is 0.368. The molecule has 0 aliphatic carbocycles. The number of furan rings is 1. The first-order chi connectivity index (χ1) is 13.0. The molecular formula is C19H22N2O6. The monoisotopic (exact) mass is 374 g/mol. The van der Waals surface area contributed by atoms with Crippen LogP contribution in [0.4, 0.5) is 0 Å². The normalized spacial score (nSPS) is 19.3. The number of hydrogen-bond acceptors (Lipinski definition) is 6. The number of nitrogens with one attached hydrogen (secondary N) is 2.